The normalized spacial score (nSPS) is 13.9. The van der Waals surface area contributed by atoms with Gasteiger partial charge in [0.25, 0.3) is 0 Å². The highest BCUT2D eigenvalue weighted by Crippen LogP contribution is 2.23. The molecule has 0 saturated carbocycles. The van der Waals surface area contributed by atoms with Crippen LogP contribution in [0.3, 0.4) is 0 Å². The second-order valence-electron chi connectivity index (χ2n) is 4.45. The average Bonchev–Trinajstić information content (AvgIpc) is 2.28. The molecule has 0 radical (unpaired) electrons. The van der Waals surface area contributed by atoms with E-state index in [0.717, 1.165) is 11.1 Å². The molecular weight excluding hydrogens is 190 g/mol. The number of aliphatic hydroxyl groups is 2. The second kappa shape index (κ2) is 4.75. The summed E-state index contributed by atoms with van der Waals surface area (Å²) in [6, 6.07) is 7.36. The number of hydrogen-bond donors (Lipinski definition) is 3. The van der Waals surface area contributed by atoms with Crippen molar-refractivity contribution in [3.05, 3.63) is 35.4 Å². The lowest BCUT2D eigenvalue weighted by Crippen LogP contribution is -2.22. The number of hydrogen-bond acceptors (Lipinski definition) is 3. The van der Waals surface area contributed by atoms with Crippen molar-refractivity contribution in [2.45, 2.75) is 25.3 Å². The van der Waals surface area contributed by atoms with Crippen LogP contribution in [-0.2, 0) is 5.41 Å². The number of benzene rings is 1. The maximum absolute atomic E-state index is 9.21. The zero-order valence-electron chi connectivity index (χ0n) is 9.27. The summed E-state index contributed by atoms with van der Waals surface area (Å²) in [4.78, 5) is 0. The Morgan fingerprint density at radius 1 is 1.20 bits per heavy atom. The van der Waals surface area contributed by atoms with E-state index in [2.05, 4.69) is 0 Å². The van der Waals surface area contributed by atoms with Gasteiger partial charge in [-0.25, -0.2) is 0 Å². The topological polar surface area (TPSA) is 66.5 Å². The summed E-state index contributed by atoms with van der Waals surface area (Å²) < 4.78 is 0. The van der Waals surface area contributed by atoms with E-state index in [1.807, 2.05) is 38.1 Å². The van der Waals surface area contributed by atoms with Gasteiger partial charge in [0.1, 0.15) is 0 Å². The second-order valence-corrected chi connectivity index (χ2v) is 4.45. The van der Waals surface area contributed by atoms with Crippen LogP contribution in [0.15, 0.2) is 24.3 Å². The molecule has 0 saturated heterocycles. The maximum Gasteiger partial charge on any atom is 0.0624 e. The number of rotatable bonds is 4. The first-order valence-electron chi connectivity index (χ1n) is 5.09. The van der Waals surface area contributed by atoms with E-state index in [1.54, 1.807) is 0 Å². The quantitative estimate of drug-likeness (QED) is 0.691. The Morgan fingerprint density at radius 3 is 2.13 bits per heavy atom. The van der Waals surface area contributed by atoms with Crippen LogP contribution in [0, 0.1) is 0 Å². The standard InChI is InChI=1S/C12H19NO2/c1-12(2,8-15)10-5-3-9(4-6-10)11(13)7-14/h3-6,11,14-15H,7-8,13H2,1-2H3. The van der Waals surface area contributed by atoms with Gasteiger partial charge in [-0.15, -0.1) is 0 Å². The van der Waals surface area contributed by atoms with Gasteiger partial charge in [-0.2, -0.15) is 0 Å². The van der Waals surface area contributed by atoms with Crippen LogP contribution in [0.2, 0.25) is 0 Å². The monoisotopic (exact) mass is 209 g/mol. The van der Waals surface area contributed by atoms with E-state index < -0.39 is 0 Å². The Kier molecular flexibility index (Phi) is 3.85. The van der Waals surface area contributed by atoms with Crippen molar-refractivity contribution in [3.63, 3.8) is 0 Å². The molecule has 1 aromatic rings. The van der Waals surface area contributed by atoms with Crippen molar-refractivity contribution in [2.75, 3.05) is 13.2 Å². The first-order valence-corrected chi connectivity index (χ1v) is 5.09. The largest absolute Gasteiger partial charge is 0.395 e. The SMILES string of the molecule is CC(C)(CO)c1ccc(C(N)CO)cc1. The van der Waals surface area contributed by atoms with Gasteiger partial charge >= 0.3 is 0 Å². The van der Waals surface area contributed by atoms with Crippen LogP contribution in [0.5, 0.6) is 0 Å². The molecule has 84 valence electrons. The van der Waals surface area contributed by atoms with Gasteiger partial charge in [0.05, 0.1) is 19.3 Å². The van der Waals surface area contributed by atoms with Crippen molar-refractivity contribution < 1.29 is 10.2 Å². The summed E-state index contributed by atoms with van der Waals surface area (Å²) in [5.74, 6) is 0. The van der Waals surface area contributed by atoms with E-state index in [9.17, 15) is 5.11 Å². The van der Waals surface area contributed by atoms with E-state index >= 15 is 0 Å². The summed E-state index contributed by atoms with van der Waals surface area (Å²) in [6.45, 7) is 4.02. The van der Waals surface area contributed by atoms with Crippen molar-refractivity contribution >= 4 is 0 Å². The third-order valence-electron chi connectivity index (χ3n) is 2.71. The summed E-state index contributed by atoms with van der Waals surface area (Å²) in [7, 11) is 0. The summed E-state index contributed by atoms with van der Waals surface area (Å²) >= 11 is 0. The van der Waals surface area contributed by atoms with E-state index in [0.29, 0.717) is 0 Å². The molecule has 0 heterocycles. The molecule has 0 amide bonds. The van der Waals surface area contributed by atoms with Crippen LogP contribution >= 0.6 is 0 Å². The number of aliphatic hydroxyl groups excluding tert-OH is 2. The molecule has 0 aliphatic rings. The molecule has 1 unspecified atom stereocenters. The Morgan fingerprint density at radius 2 is 1.73 bits per heavy atom. The molecule has 3 nitrogen and oxygen atoms in total. The molecule has 0 aromatic heterocycles. The highest BCUT2D eigenvalue weighted by molar-refractivity contribution is 5.29. The fourth-order valence-corrected chi connectivity index (χ4v) is 1.38. The predicted octanol–water partition coefficient (Wildman–Crippen LogP) is 0.949. The lowest BCUT2D eigenvalue weighted by molar-refractivity contribution is 0.218. The van der Waals surface area contributed by atoms with Crippen LogP contribution in [0.25, 0.3) is 0 Å². The summed E-state index contributed by atoms with van der Waals surface area (Å²) in [5, 5.41) is 18.1. The lowest BCUT2D eigenvalue weighted by Gasteiger charge is -2.22. The van der Waals surface area contributed by atoms with Crippen LogP contribution in [-0.4, -0.2) is 23.4 Å². The molecule has 0 bridgehead atoms. The van der Waals surface area contributed by atoms with Gasteiger partial charge in [-0.05, 0) is 11.1 Å². The Bertz CT molecular complexity index is 306. The third kappa shape index (κ3) is 2.78. The van der Waals surface area contributed by atoms with Gasteiger partial charge < -0.3 is 15.9 Å². The minimum absolute atomic E-state index is 0.0528. The first-order chi connectivity index (χ1) is 7.01. The fourth-order valence-electron chi connectivity index (χ4n) is 1.38. The molecule has 15 heavy (non-hydrogen) atoms. The molecule has 0 aliphatic carbocycles. The van der Waals surface area contributed by atoms with Crippen LogP contribution in [0.1, 0.15) is 31.0 Å². The minimum atomic E-state index is -0.323. The predicted molar refractivity (Wildman–Crippen MR) is 60.6 cm³/mol. The Hall–Kier alpha value is -0.900. The molecule has 3 heteroatoms. The van der Waals surface area contributed by atoms with Gasteiger partial charge in [-0.1, -0.05) is 38.1 Å². The number of nitrogens with two attached hydrogens (primary N) is 1. The Balaban J connectivity index is 2.90. The molecule has 4 N–H and O–H groups in total. The van der Waals surface area contributed by atoms with E-state index in [-0.39, 0.29) is 24.7 Å². The van der Waals surface area contributed by atoms with Crippen LogP contribution in [0.4, 0.5) is 0 Å². The highest BCUT2D eigenvalue weighted by atomic mass is 16.3. The molecule has 0 fully saturated rings. The highest BCUT2D eigenvalue weighted by Gasteiger charge is 2.19. The maximum atomic E-state index is 9.21. The molecule has 1 atom stereocenters. The van der Waals surface area contributed by atoms with Crippen molar-refractivity contribution in [2.24, 2.45) is 5.73 Å². The molecule has 1 aromatic carbocycles. The summed E-state index contributed by atoms with van der Waals surface area (Å²) in [5.41, 5.74) is 7.43. The van der Waals surface area contributed by atoms with Gasteiger partial charge in [0, 0.05) is 5.41 Å². The zero-order valence-corrected chi connectivity index (χ0v) is 9.27. The third-order valence-corrected chi connectivity index (χ3v) is 2.71. The Labute approximate surface area is 90.5 Å². The molecule has 0 spiro atoms. The lowest BCUT2D eigenvalue weighted by atomic mass is 9.85. The van der Waals surface area contributed by atoms with Crippen molar-refractivity contribution in [1.29, 1.82) is 0 Å². The van der Waals surface area contributed by atoms with Gasteiger partial charge in [0.2, 0.25) is 0 Å². The zero-order chi connectivity index (χ0) is 11.5. The first kappa shape index (κ1) is 12.2. The van der Waals surface area contributed by atoms with Gasteiger partial charge in [0.15, 0.2) is 0 Å². The average molecular weight is 209 g/mol. The minimum Gasteiger partial charge on any atom is -0.395 e. The van der Waals surface area contributed by atoms with Crippen molar-refractivity contribution in [3.8, 4) is 0 Å². The fraction of sp³-hybridized carbons (Fsp3) is 0.500. The molecule has 0 aliphatic heterocycles. The van der Waals surface area contributed by atoms with Crippen molar-refractivity contribution in [1.82, 2.24) is 0 Å². The van der Waals surface area contributed by atoms with E-state index in [4.69, 9.17) is 10.8 Å². The molecular formula is C12H19NO2. The molecule has 1 rings (SSSR count). The van der Waals surface area contributed by atoms with Crippen LogP contribution < -0.4 is 5.73 Å². The summed E-state index contributed by atoms with van der Waals surface area (Å²) in [6.07, 6.45) is 0. The van der Waals surface area contributed by atoms with Gasteiger partial charge in [-0.3, -0.25) is 0 Å². The van der Waals surface area contributed by atoms with E-state index in [1.165, 1.54) is 0 Å². The smallest absolute Gasteiger partial charge is 0.0624 e.